The van der Waals surface area contributed by atoms with E-state index in [0.29, 0.717) is 5.41 Å². The van der Waals surface area contributed by atoms with Gasteiger partial charge in [0.2, 0.25) is 0 Å². The molecule has 0 radical (unpaired) electrons. The molecule has 8 aliphatic carbocycles. The number of anilines is 2. The molecule has 0 unspecified atom stereocenters. The van der Waals surface area contributed by atoms with E-state index in [1.165, 1.54) is 186 Å². The van der Waals surface area contributed by atoms with Gasteiger partial charge >= 0.3 is 6.85 Å². The van der Waals surface area contributed by atoms with Crippen molar-refractivity contribution in [3.05, 3.63) is 162 Å². The summed E-state index contributed by atoms with van der Waals surface area (Å²) in [5.74, 6) is 5.41. The lowest BCUT2D eigenvalue weighted by Gasteiger charge is -2.57. The number of rotatable bonds is 4. The van der Waals surface area contributed by atoms with Crippen LogP contribution in [0, 0.1) is 42.4 Å². The predicted octanol–water partition coefficient (Wildman–Crippen LogP) is 16.5. The highest BCUT2D eigenvalue weighted by atomic mass is 32.1. The number of hydrogen-bond acceptors (Lipinski definition) is 2. The number of hydrogen-bond donors (Lipinski definition) is 0. The molecule has 4 heteroatoms. The average Bonchev–Trinajstić information content (AvgIpc) is 3.91. The van der Waals surface area contributed by atoms with Crippen LogP contribution in [-0.2, 0) is 10.8 Å². The Labute approximate surface area is 420 Å². The average molecular weight is 933 g/mol. The molecule has 2 nitrogen and oxygen atoms in total. The van der Waals surface area contributed by atoms with Crippen molar-refractivity contribution in [3.63, 3.8) is 0 Å². The summed E-state index contributed by atoms with van der Waals surface area (Å²) < 4.78 is 5.53. The molecule has 2 aromatic heterocycles. The fraction of sp³-hybridized carbons (Fsp3) is 0.313. The number of fused-ring (bicyclic) bond motifs is 12. The van der Waals surface area contributed by atoms with Gasteiger partial charge in [0.1, 0.15) is 0 Å². The molecule has 10 aromatic rings. The Bertz CT molecular complexity index is 3910. The number of aromatic nitrogens is 1. The topological polar surface area (TPSA) is 8.17 Å². The molecule has 8 aromatic carbocycles. The van der Waals surface area contributed by atoms with Crippen LogP contribution in [0.15, 0.2) is 146 Å². The number of benzene rings is 8. The first-order valence-corrected chi connectivity index (χ1v) is 28.3. The first-order chi connectivity index (χ1) is 34.9. The SMILES string of the molecule is Cc1cc2c3c(c1)-n1c4ccc(C56CC7CC(CC(C7)C5)C6)cc4c4cc(C56CC7CC(CC(C7)C5)C6)cc(c41)B3N(c1ccc(-c3ccccc3)cc1)c1ccc3sc4cc5ccccc5cc4c3c1-2. The number of aryl methyl sites for hydroxylation is 1. The molecule has 71 heavy (non-hydrogen) atoms. The van der Waals surface area contributed by atoms with E-state index in [1.807, 2.05) is 11.3 Å². The third-order valence-electron chi connectivity index (χ3n) is 20.8. The minimum atomic E-state index is 0.00894. The zero-order chi connectivity index (χ0) is 46.1. The van der Waals surface area contributed by atoms with Crippen LogP contribution in [0.2, 0.25) is 0 Å². The monoisotopic (exact) mass is 932 g/mol. The molecule has 2 aliphatic heterocycles. The Morgan fingerprint density at radius 1 is 0.507 bits per heavy atom. The maximum absolute atomic E-state index is 2.82. The van der Waals surface area contributed by atoms with Gasteiger partial charge in [0.25, 0.3) is 0 Å². The van der Waals surface area contributed by atoms with Gasteiger partial charge in [-0.15, -0.1) is 11.3 Å². The van der Waals surface area contributed by atoms with Crippen LogP contribution in [0.4, 0.5) is 11.4 Å². The second kappa shape index (κ2) is 13.7. The zero-order valence-electron chi connectivity index (χ0n) is 40.7. The molecular weight excluding hydrogens is 876 g/mol. The molecule has 0 spiro atoms. The first-order valence-electron chi connectivity index (χ1n) is 27.5. The lowest BCUT2D eigenvalue weighted by molar-refractivity contribution is -0.00526. The van der Waals surface area contributed by atoms with Crippen LogP contribution in [0.25, 0.3) is 80.7 Å². The van der Waals surface area contributed by atoms with Crippen molar-refractivity contribution in [3.8, 4) is 27.9 Å². The second-order valence-electron chi connectivity index (χ2n) is 25.0. The van der Waals surface area contributed by atoms with Crippen LogP contribution < -0.4 is 15.7 Å². The lowest BCUT2D eigenvalue weighted by Crippen LogP contribution is -2.61. The Balaban J connectivity index is 0.952. The zero-order valence-corrected chi connectivity index (χ0v) is 41.5. The minimum absolute atomic E-state index is 0.00894. The molecule has 8 bridgehead atoms. The van der Waals surface area contributed by atoms with Crippen molar-refractivity contribution in [2.24, 2.45) is 35.5 Å². The van der Waals surface area contributed by atoms with Gasteiger partial charge in [-0.2, -0.15) is 0 Å². The van der Waals surface area contributed by atoms with E-state index in [0.717, 1.165) is 35.5 Å². The van der Waals surface area contributed by atoms with Crippen LogP contribution in [0.3, 0.4) is 0 Å². The highest BCUT2D eigenvalue weighted by Crippen LogP contribution is 2.63. The summed E-state index contributed by atoms with van der Waals surface area (Å²) in [6, 6.07) is 58.3. The highest BCUT2D eigenvalue weighted by molar-refractivity contribution is 7.26. The number of thiophene rings is 1. The molecule has 8 fully saturated rings. The van der Waals surface area contributed by atoms with Crippen LogP contribution in [0.5, 0.6) is 0 Å². The van der Waals surface area contributed by atoms with E-state index in [1.54, 1.807) is 11.1 Å². The maximum Gasteiger partial charge on any atom is 0.333 e. The standard InChI is InChI=1S/C67H57BN2S/c1-38-19-55-62-58(17-18-60-63(62)54-27-47-9-5-6-10-48(47)28-61(54)71-60)70(51-14-11-46(12-15-51)45-7-3-2-4-8-45)68-56-31-50(67-35-42-24-43(36-67)26-44(25-42)37-67)30-53-52-29-49(66-32-39-21-40(33-66)23-41(22-39)34-66)13-16-57(52)69(65(53)56)59(20-38)64(55)68/h2-20,27-31,39-44H,21-26,32-37H2,1H3. The Morgan fingerprint density at radius 3 is 1.82 bits per heavy atom. The fourth-order valence-electron chi connectivity index (χ4n) is 19.0. The molecule has 20 rings (SSSR count). The molecule has 0 saturated heterocycles. The van der Waals surface area contributed by atoms with Crippen LogP contribution in [-0.4, -0.2) is 11.4 Å². The molecule has 0 amide bonds. The molecule has 0 N–H and O–H groups in total. The molecule has 344 valence electrons. The van der Waals surface area contributed by atoms with E-state index in [2.05, 4.69) is 162 Å². The van der Waals surface area contributed by atoms with Gasteiger partial charge in [-0.05, 0) is 246 Å². The van der Waals surface area contributed by atoms with E-state index in [9.17, 15) is 0 Å². The van der Waals surface area contributed by atoms with Crippen molar-refractivity contribution in [2.45, 2.75) is 94.8 Å². The third-order valence-corrected chi connectivity index (χ3v) is 21.9. The van der Waals surface area contributed by atoms with Crippen molar-refractivity contribution >= 4 is 93.2 Å². The van der Waals surface area contributed by atoms with Gasteiger partial charge in [0.15, 0.2) is 0 Å². The predicted molar refractivity (Wildman–Crippen MR) is 300 cm³/mol. The Hall–Kier alpha value is -6.10. The smallest absolute Gasteiger partial charge is 0.333 e. The van der Waals surface area contributed by atoms with Gasteiger partial charge in [-0.3, -0.25) is 0 Å². The largest absolute Gasteiger partial charge is 0.376 e. The molecule has 4 heterocycles. The van der Waals surface area contributed by atoms with Gasteiger partial charge in [0.05, 0.1) is 11.0 Å². The quantitative estimate of drug-likeness (QED) is 0.160. The molecule has 10 aliphatic rings. The van der Waals surface area contributed by atoms with Gasteiger partial charge < -0.3 is 9.38 Å². The van der Waals surface area contributed by atoms with Gasteiger partial charge in [0, 0.05) is 53.6 Å². The molecule has 0 atom stereocenters. The summed E-state index contributed by atoms with van der Waals surface area (Å²) in [4.78, 5) is 2.82. The van der Waals surface area contributed by atoms with Crippen molar-refractivity contribution < 1.29 is 0 Å². The van der Waals surface area contributed by atoms with Crippen molar-refractivity contribution in [1.82, 2.24) is 4.57 Å². The summed E-state index contributed by atoms with van der Waals surface area (Å²) in [5.41, 5.74) is 20.4. The van der Waals surface area contributed by atoms with Crippen LogP contribution >= 0.6 is 11.3 Å². The first kappa shape index (κ1) is 39.5. The lowest BCUT2D eigenvalue weighted by atomic mass is 9.42. The summed E-state index contributed by atoms with van der Waals surface area (Å²) in [5, 5.41) is 8.42. The Kier molecular flexibility index (Phi) is 7.62. The van der Waals surface area contributed by atoms with Crippen molar-refractivity contribution in [2.75, 3.05) is 4.81 Å². The third kappa shape index (κ3) is 5.30. The van der Waals surface area contributed by atoms with E-state index in [4.69, 9.17) is 0 Å². The van der Waals surface area contributed by atoms with Crippen molar-refractivity contribution in [1.29, 1.82) is 0 Å². The second-order valence-corrected chi connectivity index (χ2v) is 26.1. The Morgan fingerprint density at radius 2 is 1.13 bits per heavy atom. The summed E-state index contributed by atoms with van der Waals surface area (Å²) in [6.07, 6.45) is 17.2. The fourth-order valence-corrected chi connectivity index (χ4v) is 20.1. The van der Waals surface area contributed by atoms with E-state index < -0.39 is 0 Å². The summed E-state index contributed by atoms with van der Waals surface area (Å²) in [6.45, 7) is 2.37. The van der Waals surface area contributed by atoms with E-state index in [-0.39, 0.29) is 12.3 Å². The summed E-state index contributed by atoms with van der Waals surface area (Å²) in [7, 11) is 0. The molecule has 8 saturated carbocycles. The van der Waals surface area contributed by atoms with Crippen LogP contribution in [0.1, 0.15) is 93.7 Å². The van der Waals surface area contributed by atoms with Gasteiger partial charge in [-0.25, -0.2) is 0 Å². The summed E-state index contributed by atoms with van der Waals surface area (Å²) >= 11 is 1.96. The minimum Gasteiger partial charge on any atom is -0.376 e. The normalized spacial score (nSPS) is 28.3. The highest BCUT2D eigenvalue weighted by Gasteiger charge is 2.54. The van der Waals surface area contributed by atoms with Gasteiger partial charge in [-0.1, -0.05) is 84.9 Å². The molecular formula is C67H57BN2S. The maximum atomic E-state index is 2.82. The number of nitrogens with zero attached hydrogens (tertiary/aromatic N) is 2. The van der Waals surface area contributed by atoms with E-state index >= 15 is 0 Å².